The number of carbonyl (C=O) groups excluding carboxylic acids is 3. The third-order valence-corrected chi connectivity index (χ3v) is 7.56. The minimum Gasteiger partial charge on any atom is -0.510 e. The molecule has 0 aliphatic heterocycles. The maximum absolute atomic E-state index is 13.8. The van der Waals surface area contributed by atoms with E-state index in [1.54, 1.807) is 20.2 Å². The Bertz CT molecular complexity index is 1450. The zero-order valence-corrected chi connectivity index (χ0v) is 20.0. The number of nitrogens with zero attached hydrogens (tertiary/aromatic N) is 3. The lowest BCUT2D eigenvalue weighted by atomic mass is 9.58. The molecule has 3 aliphatic carbocycles. The van der Waals surface area contributed by atoms with Gasteiger partial charge in [-0.25, -0.2) is 9.97 Å². The van der Waals surface area contributed by atoms with Gasteiger partial charge in [0.15, 0.2) is 17.2 Å². The van der Waals surface area contributed by atoms with Gasteiger partial charge in [-0.3, -0.25) is 19.3 Å². The van der Waals surface area contributed by atoms with Crippen LogP contribution in [-0.4, -0.2) is 78.5 Å². The number of nitrogens with two attached hydrogens (primary N) is 2. The van der Waals surface area contributed by atoms with Crippen molar-refractivity contribution in [2.45, 2.75) is 24.5 Å². The molecule has 0 radical (unpaired) electrons. The maximum Gasteiger partial charge on any atom is 0.255 e. The predicted octanol–water partition coefficient (Wildman–Crippen LogP) is 0.160. The molecule has 0 saturated heterocycles. The van der Waals surface area contributed by atoms with Crippen LogP contribution in [0.4, 0.5) is 5.69 Å². The van der Waals surface area contributed by atoms with E-state index >= 15 is 0 Å². The van der Waals surface area contributed by atoms with Crippen LogP contribution in [0, 0.1) is 11.8 Å². The second-order valence-corrected chi connectivity index (χ2v) is 9.75. The Morgan fingerprint density at radius 2 is 1.81 bits per heavy atom. The number of ketones is 2. The molecule has 1 aromatic carbocycles. The number of benzene rings is 1. The van der Waals surface area contributed by atoms with Gasteiger partial charge in [0.2, 0.25) is 5.78 Å². The Labute approximate surface area is 210 Å². The van der Waals surface area contributed by atoms with Crippen molar-refractivity contribution in [2.24, 2.45) is 17.6 Å². The van der Waals surface area contributed by atoms with Crippen LogP contribution >= 0.6 is 0 Å². The minimum atomic E-state index is -2.70. The fraction of sp³-hybridized carbons (Fsp3) is 0.320. The van der Waals surface area contributed by atoms with Crippen molar-refractivity contribution in [3.8, 4) is 17.1 Å². The van der Waals surface area contributed by atoms with E-state index in [4.69, 9.17) is 11.5 Å². The van der Waals surface area contributed by atoms with E-state index < -0.39 is 63.8 Å². The third-order valence-electron chi connectivity index (χ3n) is 7.56. The van der Waals surface area contributed by atoms with Gasteiger partial charge in [0.25, 0.3) is 5.91 Å². The molecule has 12 heteroatoms. The number of fused-ring (bicyclic) bond motifs is 3. The van der Waals surface area contributed by atoms with Crippen LogP contribution in [0.2, 0.25) is 0 Å². The first-order valence-corrected chi connectivity index (χ1v) is 11.5. The van der Waals surface area contributed by atoms with Crippen molar-refractivity contribution < 1.29 is 34.8 Å². The lowest BCUT2D eigenvalue weighted by Gasteiger charge is -2.50. The molecule has 4 atom stereocenters. The number of allylic oxidation sites excluding steroid dienone is 1. The van der Waals surface area contributed by atoms with Gasteiger partial charge in [0.05, 0.1) is 17.3 Å². The van der Waals surface area contributed by atoms with E-state index in [9.17, 15) is 34.8 Å². The average molecular weight is 508 g/mol. The topological polar surface area (TPSA) is 213 Å². The Morgan fingerprint density at radius 1 is 1.16 bits per heavy atom. The van der Waals surface area contributed by atoms with Gasteiger partial charge in [0, 0.05) is 29.4 Å². The largest absolute Gasteiger partial charge is 0.510 e. The maximum atomic E-state index is 13.8. The van der Waals surface area contributed by atoms with Crippen molar-refractivity contribution in [3.05, 3.63) is 58.3 Å². The molecule has 192 valence electrons. The zero-order valence-electron chi connectivity index (χ0n) is 20.0. The molecule has 4 unspecified atom stereocenters. The second kappa shape index (κ2) is 8.11. The quantitative estimate of drug-likeness (QED) is 0.187. The molecule has 2 aromatic rings. The average Bonchev–Trinajstić information content (AvgIpc) is 2.83. The van der Waals surface area contributed by atoms with Crippen LogP contribution in [0.5, 0.6) is 5.75 Å². The van der Waals surface area contributed by atoms with Gasteiger partial charge in [-0.1, -0.05) is 0 Å². The monoisotopic (exact) mass is 507 g/mol. The van der Waals surface area contributed by atoms with Crippen molar-refractivity contribution in [1.29, 1.82) is 0 Å². The first-order valence-electron chi connectivity index (χ1n) is 11.5. The third kappa shape index (κ3) is 3.19. The summed E-state index contributed by atoms with van der Waals surface area (Å²) in [5.41, 5.74) is 8.01. The van der Waals surface area contributed by atoms with E-state index in [1.807, 2.05) is 0 Å². The van der Waals surface area contributed by atoms with E-state index in [1.165, 1.54) is 23.4 Å². The number of Topliss-reactive ketones (excluding diaryl/α,β-unsaturated/α-hetero) is 2. The van der Waals surface area contributed by atoms with Crippen LogP contribution < -0.4 is 11.5 Å². The number of aromatic hydroxyl groups is 1. The number of primary amides is 1. The highest BCUT2D eigenvalue weighted by molar-refractivity contribution is 6.25. The van der Waals surface area contributed by atoms with Gasteiger partial charge in [-0.15, -0.1) is 0 Å². The van der Waals surface area contributed by atoms with Gasteiger partial charge in [0.1, 0.15) is 22.8 Å². The van der Waals surface area contributed by atoms with Crippen LogP contribution in [0.3, 0.4) is 0 Å². The number of carbonyl (C=O) groups is 3. The normalized spacial score (nSPS) is 27.2. The van der Waals surface area contributed by atoms with E-state index in [0.717, 1.165) is 0 Å². The van der Waals surface area contributed by atoms with E-state index in [-0.39, 0.29) is 35.5 Å². The number of phenols is 1. The molecule has 3 aliphatic rings. The Balaban J connectivity index is 1.76. The lowest BCUT2D eigenvalue weighted by Crippen LogP contribution is -2.63. The smallest absolute Gasteiger partial charge is 0.255 e. The highest BCUT2D eigenvalue weighted by Crippen LogP contribution is 2.53. The first kappa shape index (κ1) is 24.4. The Kier molecular flexibility index (Phi) is 5.35. The predicted molar refractivity (Wildman–Crippen MR) is 129 cm³/mol. The van der Waals surface area contributed by atoms with Gasteiger partial charge < -0.3 is 31.9 Å². The molecule has 1 aromatic heterocycles. The number of amides is 1. The SMILES string of the molecule is CN(C)C1C(O)=C(C(N)=O)C(=O)C2(O)C(O)=C3C(=O)c4c(O)c(N)cc(-c5ncccn5)c4CC3CC12. The van der Waals surface area contributed by atoms with Crippen LogP contribution in [0.25, 0.3) is 11.4 Å². The molecule has 37 heavy (non-hydrogen) atoms. The fourth-order valence-corrected chi connectivity index (χ4v) is 5.98. The van der Waals surface area contributed by atoms with Crippen molar-refractivity contribution in [1.82, 2.24) is 14.9 Å². The standard InChI is InChI=1S/C25H25N5O7/c1-30(2)17-12-7-9-6-10-11(24-28-4-3-5-29-24)8-13(26)18(31)15(10)19(32)14(9)21(34)25(12,37)22(35)16(20(17)33)23(27)36/h3-5,8-9,12,17,31,33-34,37H,6-7,26H2,1-2H3,(H2,27,36). The summed E-state index contributed by atoms with van der Waals surface area (Å²) in [6.07, 6.45) is 3.12. The number of hydrogen-bond acceptors (Lipinski definition) is 11. The van der Waals surface area contributed by atoms with E-state index in [0.29, 0.717) is 11.1 Å². The fourth-order valence-electron chi connectivity index (χ4n) is 5.98. The molecule has 0 bridgehead atoms. The number of hydrogen-bond donors (Lipinski definition) is 6. The molecular formula is C25H25N5O7. The second-order valence-electron chi connectivity index (χ2n) is 9.75. The van der Waals surface area contributed by atoms with Crippen molar-refractivity contribution in [2.75, 3.05) is 19.8 Å². The highest BCUT2D eigenvalue weighted by Gasteiger charge is 2.63. The summed E-state index contributed by atoms with van der Waals surface area (Å²) in [5, 5.41) is 44.5. The summed E-state index contributed by atoms with van der Waals surface area (Å²) in [6, 6.07) is 2.01. The first-order chi connectivity index (χ1) is 17.4. The van der Waals surface area contributed by atoms with Crippen LogP contribution in [0.15, 0.2) is 47.2 Å². The molecular weight excluding hydrogens is 482 g/mol. The molecule has 0 saturated carbocycles. The number of phenolic OH excluding ortho intramolecular Hbond substituents is 1. The van der Waals surface area contributed by atoms with Gasteiger partial charge >= 0.3 is 0 Å². The molecule has 0 fully saturated rings. The molecule has 0 spiro atoms. The number of rotatable bonds is 3. The summed E-state index contributed by atoms with van der Waals surface area (Å²) >= 11 is 0. The van der Waals surface area contributed by atoms with Crippen molar-refractivity contribution in [3.63, 3.8) is 0 Å². The number of anilines is 1. The Hall–Kier alpha value is -4.29. The molecule has 1 amide bonds. The summed E-state index contributed by atoms with van der Waals surface area (Å²) in [4.78, 5) is 49.1. The molecule has 8 N–H and O–H groups in total. The highest BCUT2D eigenvalue weighted by atomic mass is 16.3. The summed E-state index contributed by atoms with van der Waals surface area (Å²) < 4.78 is 0. The molecule has 5 rings (SSSR count). The van der Waals surface area contributed by atoms with Crippen LogP contribution in [-0.2, 0) is 16.0 Å². The summed E-state index contributed by atoms with van der Waals surface area (Å²) in [6.45, 7) is 0. The van der Waals surface area contributed by atoms with Crippen LogP contribution in [0.1, 0.15) is 22.3 Å². The van der Waals surface area contributed by atoms with Gasteiger partial charge in [-0.05, 0) is 50.6 Å². The Morgan fingerprint density at radius 3 is 2.41 bits per heavy atom. The zero-order chi connectivity index (χ0) is 27.0. The molecule has 12 nitrogen and oxygen atoms in total. The minimum absolute atomic E-state index is 0.0218. The van der Waals surface area contributed by atoms with Crippen molar-refractivity contribution >= 4 is 23.2 Å². The van der Waals surface area contributed by atoms with E-state index in [2.05, 4.69) is 9.97 Å². The number of aliphatic hydroxyl groups excluding tert-OH is 2. The van der Waals surface area contributed by atoms with Gasteiger partial charge in [-0.2, -0.15) is 0 Å². The summed E-state index contributed by atoms with van der Waals surface area (Å²) in [7, 11) is 3.14. The lowest BCUT2D eigenvalue weighted by molar-refractivity contribution is -0.148. The number of nitrogen functional groups attached to an aromatic ring is 1. The summed E-state index contributed by atoms with van der Waals surface area (Å²) in [5.74, 6) is -7.03. The number of aromatic nitrogens is 2. The number of likely N-dealkylation sites (N-methyl/N-ethyl adjacent to an activating group) is 1. The number of aliphatic hydroxyl groups is 3. The molecule has 1 heterocycles.